The summed E-state index contributed by atoms with van der Waals surface area (Å²) in [7, 11) is 0. The van der Waals surface area contributed by atoms with E-state index in [-0.39, 0.29) is 17.8 Å². The van der Waals surface area contributed by atoms with Gasteiger partial charge in [-0.1, -0.05) is 0 Å². The Morgan fingerprint density at radius 2 is 1.97 bits per heavy atom. The van der Waals surface area contributed by atoms with Crippen LogP contribution in [-0.2, 0) is 11.3 Å². The number of piperidine rings is 1. The van der Waals surface area contributed by atoms with Crippen LogP contribution in [0.3, 0.4) is 0 Å². The van der Waals surface area contributed by atoms with Gasteiger partial charge in [0.1, 0.15) is 11.4 Å². The van der Waals surface area contributed by atoms with Crippen LogP contribution < -0.4 is 5.73 Å². The molecule has 7 nitrogen and oxygen atoms in total. The molecule has 0 radical (unpaired) electrons. The Kier molecular flexibility index (Phi) is 5.56. The number of nitrogen functional groups attached to an aromatic ring is 1. The molecule has 0 unspecified atom stereocenters. The quantitative estimate of drug-likeness (QED) is 0.632. The summed E-state index contributed by atoms with van der Waals surface area (Å²) in [5.41, 5.74) is 7.83. The minimum atomic E-state index is -0.490. The molecule has 1 fully saturated rings. The Balaban J connectivity index is 1.39. The molecule has 2 aromatic heterocycles. The Hall–Kier alpha value is -3.16. The van der Waals surface area contributed by atoms with E-state index in [1.165, 1.54) is 6.07 Å². The number of ether oxygens (including phenoxy) is 1. The zero-order valence-electron chi connectivity index (χ0n) is 18.1. The number of likely N-dealkylation sites (tertiary alicyclic amines) is 1. The molecule has 8 heteroatoms. The standard InChI is InChI=1S/C23H28FN5O2/c1-23(2,3)31-22(30)28-7-4-15(5-8-28)20-13-26-18(12-27-20)14-29-9-6-16-10-17(25)11-19(24)21(16)29/h6,9-13,15H,4-5,7-8,14,25H2,1-3H3. The number of hydrogen-bond donors (Lipinski definition) is 1. The van der Waals surface area contributed by atoms with Crippen LogP contribution in [-0.4, -0.2) is 44.2 Å². The molecule has 2 N–H and O–H groups in total. The van der Waals surface area contributed by atoms with E-state index in [0.717, 1.165) is 29.6 Å². The molecule has 3 aromatic rings. The third kappa shape index (κ3) is 4.78. The van der Waals surface area contributed by atoms with Crippen LogP contribution in [0.5, 0.6) is 0 Å². The van der Waals surface area contributed by atoms with Crippen molar-refractivity contribution in [3.63, 3.8) is 0 Å². The lowest BCUT2D eigenvalue weighted by molar-refractivity contribution is 0.0204. The number of aromatic nitrogens is 3. The fourth-order valence-corrected chi connectivity index (χ4v) is 3.96. The lowest BCUT2D eigenvalue weighted by Gasteiger charge is -2.33. The number of amides is 1. The fourth-order valence-electron chi connectivity index (χ4n) is 3.96. The Morgan fingerprint density at radius 1 is 1.23 bits per heavy atom. The molecule has 1 aliphatic rings. The minimum absolute atomic E-state index is 0.257. The van der Waals surface area contributed by atoms with Gasteiger partial charge in [-0.25, -0.2) is 9.18 Å². The molecule has 3 heterocycles. The average Bonchev–Trinajstić information content (AvgIpc) is 3.10. The fraction of sp³-hybridized carbons (Fsp3) is 0.435. The number of fused-ring (bicyclic) bond motifs is 1. The van der Waals surface area contributed by atoms with Crippen molar-refractivity contribution in [1.29, 1.82) is 0 Å². The third-order valence-electron chi connectivity index (χ3n) is 5.46. The van der Waals surface area contributed by atoms with Crippen molar-refractivity contribution in [2.45, 2.75) is 51.7 Å². The summed E-state index contributed by atoms with van der Waals surface area (Å²) >= 11 is 0. The van der Waals surface area contributed by atoms with Crippen molar-refractivity contribution in [2.24, 2.45) is 0 Å². The molecule has 1 amide bonds. The second-order valence-corrected chi connectivity index (χ2v) is 9.06. The molecule has 0 bridgehead atoms. The van der Waals surface area contributed by atoms with Crippen molar-refractivity contribution in [2.75, 3.05) is 18.8 Å². The van der Waals surface area contributed by atoms with Crippen molar-refractivity contribution in [1.82, 2.24) is 19.4 Å². The van der Waals surface area contributed by atoms with Gasteiger partial charge in [-0.2, -0.15) is 0 Å². The highest BCUT2D eigenvalue weighted by Gasteiger charge is 2.28. The smallest absolute Gasteiger partial charge is 0.410 e. The molecular formula is C23H28FN5O2. The first-order valence-electron chi connectivity index (χ1n) is 10.5. The van der Waals surface area contributed by atoms with Gasteiger partial charge < -0.3 is 19.9 Å². The van der Waals surface area contributed by atoms with Crippen molar-refractivity contribution in [3.05, 3.63) is 54.0 Å². The van der Waals surface area contributed by atoms with E-state index >= 15 is 0 Å². The highest BCUT2D eigenvalue weighted by molar-refractivity contribution is 5.84. The number of nitrogens with zero attached hydrogens (tertiary/aromatic N) is 4. The molecule has 31 heavy (non-hydrogen) atoms. The maximum atomic E-state index is 14.4. The summed E-state index contributed by atoms with van der Waals surface area (Å²) in [5.74, 6) is -0.0885. The average molecular weight is 426 g/mol. The van der Waals surface area contributed by atoms with Gasteiger partial charge in [0, 0.05) is 42.5 Å². The molecule has 0 aliphatic carbocycles. The van der Waals surface area contributed by atoms with Gasteiger partial charge in [0.25, 0.3) is 0 Å². The molecule has 0 spiro atoms. The highest BCUT2D eigenvalue weighted by atomic mass is 19.1. The second-order valence-electron chi connectivity index (χ2n) is 9.06. The normalized spacial score (nSPS) is 15.4. The van der Waals surface area contributed by atoms with Gasteiger partial charge in [-0.3, -0.25) is 9.97 Å². The van der Waals surface area contributed by atoms with E-state index in [2.05, 4.69) is 9.97 Å². The van der Waals surface area contributed by atoms with Crippen LogP contribution >= 0.6 is 0 Å². The van der Waals surface area contributed by atoms with E-state index in [9.17, 15) is 9.18 Å². The molecule has 0 atom stereocenters. The van der Waals surface area contributed by atoms with Gasteiger partial charge in [-0.05, 0) is 51.8 Å². The molecular weight excluding hydrogens is 397 g/mol. The van der Waals surface area contributed by atoms with Gasteiger partial charge in [0.15, 0.2) is 0 Å². The summed E-state index contributed by atoms with van der Waals surface area (Å²) in [4.78, 5) is 23.1. The van der Waals surface area contributed by atoms with Gasteiger partial charge in [0.05, 0.1) is 29.6 Å². The lowest BCUT2D eigenvalue weighted by atomic mass is 9.94. The van der Waals surface area contributed by atoms with Crippen molar-refractivity contribution in [3.8, 4) is 0 Å². The first-order valence-corrected chi connectivity index (χ1v) is 10.5. The Bertz CT molecular complexity index is 1080. The number of halogens is 1. The van der Waals surface area contributed by atoms with E-state index in [1.807, 2.05) is 37.6 Å². The Morgan fingerprint density at radius 3 is 2.61 bits per heavy atom. The third-order valence-corrected chi connectivity index (χ3v) is 5.46. The van der Waals surface area contributed by atoms with E-state index < -0.39 is 5.60 Å². The molecule has 1 saturated heterocycles. The summed E-state index contributed by atoms with van der Waals surface area (Å²) < 4.78 is 21.6. The monoisotopic (exact) mass is 425 g/mol. The van der Waals surface area contributed by atoms with E-state index in [4.69, 9.17) is 10.5 Å². The van der Waals surface area contributed by atoms with Crippen LogP contribution in [0.15, 0.2) is 36.8 Å². The van der Waals surface area contributed by atoms with Gasteiger partial charge in [-0.15, -0.1) is 0 Å². The summed E-state index contributed by atoms with van der Waals surface area (Å²) in [6.07, 6.45) is 6.75. The van der Waals surface area contributed by atoms with Crippen LogP contribution in [0, 0.1) is 5.82 Å². The number of carbonyl (C=O) groups excluding carboxylic acids is 1. The molecule has 4 rings (SSSR count). The van der Waals surface area contributed by atoms with Gasteiger partial charge >= 0.3 is 6.09 Å². The number of rotatable bonds is 3. The number of hydrogen-bond acceptors (Lipinski definition) is 5. The van der Waals surface area contributed by atoms with Crippen LogP contribution in [0.2, 0.25) is 0 Å². The maximum absolute atomic E-state index is 14.4. The summed E-state index contributed by atoms with van der Waals surface area (Å²) in [6, 6.07) is 4.93. The summed E-state index contributed by atoms with van der Waals surface area (Å²) in [6.45, 7) is 7.32. The SMILES string of the molecule is CC(C)(C)OC(=O)N1CCC(c2cnc(Cn3ccc4cc(N)cc(F)c43)cn2)CC1. The predicted octanol–water partition coefficient (Wildman–Crippen LogP) is 4.32. The molecule has 1 aliphatic heterocycles. The van der Waals surface area contributed by atoms with E-state index in [0.29, 0.717) is 30.8 Å². The molecule has 1 aromatic carbocycles. The van der Waals surface area contributed by atoms with Gasteiger partial charge in [0.2, 0.25) is 0 Å². The number of anilines is 1. The molecule has 0 saturated carbocycles. The number of nitrogens with two attached hydrogens (primary N) is 1. The van der Waals surface area contributed by atoms with Crippen LogP contribution in [0.4, 0.5) is 14.9 Å². The zero-order valence-corrected chi connectivity index (χ0v) is 18.1. The zero-order chi connectivity index (χ0) is 22.2. The predicted molar refractivity (Wildman–Crippen MR) is 117 cm³/mol. The van der Waals surface area contributed by atoms with E-state index in [1.54, 1.807) is 23.4 Å². The topological polar surface area (TPSA) is 86.3 Å². The first kappa shape index (κ1) is 21.1. The minimum Gasteiger partial charge on any atom is -0.444 e. The highest BCUT2D eigenvalue weighted by Crippen LogP contribution is 2.28. The molecule has 164 valence electrons. The van der Waals surface area contributed by atoms with Crippen molar-refractivity contribution >= 4 is 22.7 Å². The van der Waals surface area contributed by atoms with Crippen molar-refractivity contribution < 1.29 is 13.9 Å². The lowest BCUT2D eigenvalue weighted by Crippen LogP contribution is -2.41. The maximum Gasteiger partial charge on any atom is 0.410 e. The first-order chi connectivity index (χ1) is 14.7. The number of carbonyl (C=O) groups is 1. The van der Waals surface area contributed by atoms with Crippen LogP contribution in [0.25, 0.3) is 10.9 Å². The van der Waals surface area contributed by atoms with Crippen LogP contribution in [0.1, 0.15) is 50.9 Å². The number of benzene rings is 1. The largest absolute Gasteiger partial charge is 0.444 e. The summed E-state index contributed by atoms with van der Waals surface area (Å²) in [5, 5.41) is 0.763. The Labute approximate surface area is 181 Å². The second kappa shape index (κ2) is 8.17.